The fourth-order valence-electron chi connectivity index (χ4n) is 4.29. The second-order valence-electron chi connectivity index (χ2n) is 8.02. The minimum Gasteiger partial charge on any atom is -0.493 e. The van der Waals surface area contributed by atoms with E-state index in [4.69, 9.17) is 9.47 Å². The molecule has 0 fully saturated rings. The molecule has 9 heteroatoms. The summed E-state index contributed by atoms with van der Waals surface area (Å²) in [5, 5.41) is 7.63. The summed E-state index contributed by atoms with van der Waals surface area (Å²) in [5.41, 5.74) is 4.56. The number of amides is 1. The molecule has 0 saturated carbocycles. The number of nitrogens with zero attached hydrogens (tertiary/aromatic N) is 4. The molecule has 8 nitrogen and oxygen atoms in total. The van der Waals surface area contributed by atoms with Gasteiger partial charge >= 0.3 is 0 Å². The number of nitrogens with one attached hydrogen (secondary N) is 1. The second-order valence-corrected chi connectivity index (χ2v) is 8.02. The van der Waals surface area contributed by atoms with E-state index in [9.17, 15) is 9.18 Å². The zero-order valence-corrected chi connectivity index (χ0v) is 18.9. The van der Waals surface area contributed by atoms with Crippen molar-refractivity contribution in [2.45, 2.75) is 19.4 Å². The molecule has 4 aromatic rings. The van der Waals surface area contributed by atoms with Crippen LogP contribution in [0.4, 0.5) is 4.39 Å². The predicted octanol–water partition coefficient (Wildman–Crippen LogP) is 3.62. The Kier molecular flexibility index (Phi) is 5.75. The highest BCUT2D eigenvalue weighted by molar-refractivity contribution is 5.97. The number of aromatic nitrogens is 4. The average Bonchev–Trinajstić information content (AvgIpc) is 3.57. The van der Waals surface area contributed by atoms with E-state index in [1.807, 2.05) is 22.9 Å². The van der Waals surface area contributed by atoms with Crippen LogP contribution in [0.15, 0.2) is 55.1 Å². The lowest BCUT2D eigenvalue weighted by molar-refractivity contribution is 0.0946. The molecule has 0 atom stereocenters. The number of halogens is 1. The van der Waals surface area contributed by atoms with E-state index in [0.29, 0.717) is 35.8 Å². The first-order valence-corrected chi connectivity index (χ1v) is 11.0. The topological polar surface area (TPSA) is 83.2 Å². The summed E-state index contributed by atoms with van der Waals surface area (Å²) in [6.45, 7) is 1.26. The lowest BCUT2D eigenvalue weighted by atomic mass is 10.1. The third-order valence-corrected chi connectivity index (χ3v) is 5.94. The van der Waals surface area contributed by atoms with Crippen molar-refractivity contribution in [1.82, 2.24) is 24.6 Å². The molecule has 174 valence electrons. The van der Waals surface area contributed by atoms with Gasteiger partial charge in [0.05, 0.1) is 31.9 Å². The Bertz CT molecular complexity index is 1330. The molecule has 0 spiro atoms. The van der Waals surface area contributed by atoms with Gasteiger partial charge in [-0.1, -0.05) is 0 Å². The lowest BCUT2D eigenvalue weighted by Crippen LogP contribution is -2.26. The molecule has 1 N–H and O–H groups in total. The summed E-state index contributed by atoms with van der Waals surface area (Å²) in [4.78, 5) is 17.2. The number of rotatable bonds is 8. The van der Waals surface area contributed by atoms with Gasteiger partial charge in [0, 0.05) is 43.0 Å². The summed E-state index contributed by atoms with van der Waals surface area (Å²) in [5.74, 6) is 0.634. The van der Waals surface area contributed by atoms with Crippen LogP contribution in [0.25, 0.3) is 16.9 Å². The molecule has 1 aliphatic carbocycles. The van der Waals surface area contributed by atoms with Crippen LogP contribution in [0, 0.1) is 5.82 Å². The van der Waals surface area contributed by atoms with Crippen LogP contribution in [0.2, 0.25) is 0 Å². The number of aryl methyl sites for hydroxylation is 1. The van der Waals surface area contributed by atoms with Crippen molar-refractivity contribution in [3.05, 3.63) is 77.8 Å². The van der Waals surface area contributed by atoms with E-state index in [1.54, 1.807) is 43.6 Å². The maximum absolute atomic E-state index is 13.6. The Morgan fingerprint density at radius 1 is 1.15 bits per heavy atom. The minimum absolute atomic E-state index is 0.241. The highest BCUT2D eigenvalue weighted by Crippen LogP contribution is 2.44. The minimum atomic E-state index is -0.338. The van der Waals surface area contributed by atoms with Gasteiger partial charge < -0.3 is 19.4 Å². The molecule has 34 heavy (non-hydrogen) atoms. The van der Waals surface area contributed by atoms with Crippen LogP contribution in [0.5, 0.6) is 11.5 Å². The van der Waals surface area contributed by atoms with Crippen LogP contribution in [-0.2, 0) is 13.0 Å². The average molecular weight is 461 g/mol. The van der Waals surface area contributed by atoms with Crippen molar-refractivity contribution in [2.24, 2.45) is 0 Å². The Balaban J connectivity index is 1.49. The number of benzene rings is 2. The molecule has 1 aliphatic rings. The molecule has 0 aliphatic heterocycles. The Labute approximate surface area is 196 Å². The number of hydrogen-bond acceptors (Lipinski definition) is 5. The van der Waals surface area contributed by atoms with Crippen molar-refractivity contribution in [1.29, 1.82) is 0 Å². The van der Waals surface area contributed by atoms with Gasteiger partial charge in [0.1, 0.15) is 5.82 Å². The molecular weight excluding hydrogens is 437 g/mol. The van der Waals surface area contributed by atoms with E-state index < -0.39 is 0 Å². The third-order valence-electron chi connectivity index (χ3n) is 5.94. The van der Waals surface area contributed by atoms with Crippen LogP contribution >= 0.6 is 0 Å². The van der Waals surface area contributed by atoms with Crippen molar-refractivity contribution in [3.63, 3.8) is 0 Å². The highest BCUT2D eigenvalue weighted by atomic mass is 19.1. The molecule has 1 amide bonds. The second kappa shape index (κ2) is 9.01. The predicted molar refractivity (Wildman–Crippen MR) is 124 cm³/mol. The molecule has 5 rings (SSSR count). The number of methoxy groups -OCH3 is 2. The maximum atomic E-state index is 13.6. The summed E-state index contributed by atoms with van der Waals surface area (Å²) < 4.78 is 28.2. The summed E-state index contributed by atoms with van der Waals surface area (Å²) in [7, 11) is 3.18. The van der Waals surface area contributed by atoms with Gasteiger partial charge in [-0.25, -0.2) is 14.1 Å². The van der Waals surface area contributed by atoms with Gasteiger partial charge in [0.15, 0.2) is 17.2 Å². The Hall–Kier alpha value is -4.14. The molecule has 0 bridgehead atoms. The normalized spacial score (nSPS) is 11.7. The fourth-order valence-corrected chi connectivity index (χ4v) is 4.29. The monoisotopic (exact) mass is 461 g/mol. The molecule has 2 aromatic carbocycles. The van der Waals surface area contributed by atoms with E-state index in [2.05, 4.69) is 15.4 Å². The highest BCUT2D eigenvalue weighted by Gasteiger charge is 2.32. The Morgan fingerprint density at radius 3 is 2.62 bits per heavy atom. The third kappa shape index (κ3) is 3.89. The van der Waals surface area contributed by atoms with Crippen molar-refractivity contribution in [2.75, 3.05) is 20.8 Å². The summed E-state index contributed by atoms with van der Waals surface area (Å²) >= 11 is 0. The zero-order chi connectivity index (χ0) is 23.7. The first-order valence-electron chi connectivity index (χ1n) is 11.0. The first kappa shape index (κ1) is 21.7. The van der Waals surface area contributed by atoms with Gasteiger partial charge in [-0.15, -0.1) is 0 Å². The molecule has 0 saturated heterocycles. The molecule has 0 unspecified atom stereocenters. The Morgan fingerprint density at radius 2 is 1.91 bits per heavy atom. The van der Waals surface area contributed by atoms with Crippen molar-refractivity contribution >= 4 is 5.91 Å². The molecular formula is C25H24FN5O3. The van der Waals surface area contributed by atoms with Crippen LogP contribution < -0.4 is 14.8 Å². The van der Waals surface area contributed by atoms with Crippen molar-refractivity contribution in [3.8, 4) is 28.4 Å². The zero-order valence-electron chi connectivity index (χ0n) is 18.9. The summed E-state index contributed by atoms with van der Waals surface area (Å²) in [6.07, 6.45) is 6.66. The van der Waals surface area contributed by atoms with E-state index >= 15 is 0 Å². The maximum Gasteiger partial charge on any atom is 0.272 e. The van der Waals surface area contributed by atoms with Gasteiger partial charge in [-0.3, -0.25) is 4.79 Å². The van der Waals surface area contributed by atoms with E-state index in [-0.39, 0.29) is 11.7 Å². The quantitative estimate of drug-likeness (QED) is 0.357. The number of hydrogen-bond donors (Lipinski definition) is 1. The summed E-state index contributed by atoms with van der Waals surface area (Å²) in [6, 6.07) is 9.88. The fraction of sp³-hybridized carbons (Fsp3) is 0.240. The van der Waals surface area contributed by atoms with E-state index in [1.165, 1.54) is 12.1 Å². The van der Waals surface area contributed by atoms with Crippen LogP contribution in [0.1, 0.15) is 28.0 Å². The smallest absolute Gasteiger partial charge is 0.272 e. The lowest BCUT2D eigenvalue weighted by Gasteiger charge is -2.12. The molecule has 0 radical (unpaired) electrons. The molecule has 2 aromatic heterocycles. The number of carbonyl (C=O) groups is 1. The largest absolute Gasteiger partial charge is 0.493 e. The van der Waals surface area contributed by atoms with Gasteiger partial charge in [-0.2, -0.15) is 5.10 Å². The number of carbonyl (C=O) groups excluding carboxylic acids is 1. The SMILES string of the molecule is COc1cc2c(cc1OC)-c1c(c(C(=O)NCCCn3ccnc3)nn1-c1ccc(F)cc1)C2. The van der Waals surface area contributed by atoms with Crippen LogP contribution in [-0.4, -0.2) is 46.0 Å². The number of fused-ring (bicyclic) bond motifs is 3. The molecule has 2 heterocycles. The van der Waals surface area contributed by atoms with Crippen molar-refractivity contribution < 1.29 is 18.7 Å². The van der Waals surface area contributed by atoms with Gasteiger partial charge in [-0.05, 0) is 48.4 Å². The standard InChI is InChI=1S/C25H24FN5O3/c1-33-21-13-16-12-20-23(25(32)28-8-3-10-30-11-9-27-15-30)29-31(18-6-4-17(26)5-7-18)24(20)19(16)14-22(21)34-2/h4-7,9,11,13-15H,3,8,10,12H2,1-2H3,(H,28,32). The van der Waals surface area contributed by atoms with Crippen LogP contribution in [0.3, 0.4) is 0 Å². The number of ether oxygens (including phenoxy) is 2. The first-order chi connectivity index (χ1) is 16.6. The van der Waals surface area contributed by atoms with E-state index in [0.717, 1.165) is 35.3 Å². The van der Waals surface area contributed by atoms with Gasteiger partial charge in [0.25, 0.3) is 5.91 Å². The number of imidazole rings is 1. The van der Waals surface area contributed by atoms with Gasteiger partial charge in [0.2, 0.25) is 0 Å².